The van der Waals surface area contributed by atoms with Crippen molar-refractivity contribution in [1.29, 1.82) is 0 Å². The van der Waals surface area contributed by atoms with Crippen LogP contribution in [0, 0.1) is 11.8 Å². The van der Waals surface area contributed by atoms with Crippen LogP contribution in [0.3, 0.4) is 0 Å². The van der Waals surface area contributed by atoms with E-state index in [0.717, 1.165) is 45.3 Å². The van der Waals surface area contributed by atoms with Gasteiger partial charge in [0.15, 0.2) is 0 Å². The van der Waals surface area contributed by atoms with Gasteiger partial charge in [-0.1, -0.05) is 24.3 Å². The van der Waals surface area contributed by atoms with Gasteiger partial charge in [-0.25, -0.2) is 0 Å². The van der Waals surface area contributed by atoms with Gasteiger partial charge >= 0.3 is 0 Å². The summed E-state index contributed by atoms with van der Waals surface area (Å²) >= 11 is 1.72. The average molecular weight is 388 g/mol. The topological polar surface area (TPSA) is 55.5 Å². The molecule has 3 N–H and O–H groups in total. The minimum absolute atomic E-state index is 0.0700. The minimum Gasteiger partial charge on any atom is -0.394 e. The Balaban J connectivity index is 1.52. The second-order valence-corrected chi connectivity index (χ2v) is 9.05. The third kappa shape index (κ3) is 5.41. The van der Waals surface area contributed by atoms with Crippen molar-refractivity contribution in [3.8, 4) is 0 Å². The van der Waals surface area contributed by atoms with E-state index < -0.39 is 5.54 Å². The van der Waals surface area contributed by atoms with Crippen LogP contribution in [0.5, 0.6) is 0 Å². The first-order chi connectivity index (χ1) is 13.0. The summed E-state index contributed by atoms with van der Waals surface area (Å²) in [7, 11) is 0. The molecule has 0 saturated heterocycles. The van der Waals surface area contributed by atoms with Crippen LogP contribution in [0.1, 0.15) is 51.0 Å². The third-order valence-corrected chi connectivity index (χ3v) is 6.87. The molecular formula is C23H33NO2S. The fraction of sp³-hybridized carbons (Fsp3) is 0.565. The highest BCUT2D eigenvalue weighted by Gasteiger charge is 2.36. The molecule has 2 aliphatic carbocycles. The second-order valence-electron chi connectivity index (χ2n) is 8.27. The molecule has 1 heterocycles. The predicted octanol–water partition coefficient (Wildman–Crippen LogP) is 4.98. The molecule has 0 unspecified atom stereocenters. The van der Waals surface area contributed by atoms with Crippen LogP contribution >= 0.6 is 11.3 Å². The van der Waals surface area contributed by atoms with E-state index in [1.54, 1.807) is 11.3 Å². The molecule has 4 heteroatoms. The first kappa shape index (κ1) is 20.5. The number of hydrogen-bond donors (Lipinski definition) is 2. The molecule has 0 spiro atoms. The van der Waals surface area contributed by atoms with Crippen molar-refractivity contribution < 1.29 is 9.84 Å². The van der Waals surface area contributed by atoms with Crippen molar-refractivity contribution in [1.82, 2.24) is 0 Å². The van der Waals surface area contributed by atoms with Crippen molar-refractivity contribution in [2.75, 3.05) is 13.2 Å². The SMILES string of the molecule is C=C(/C=C1/CC[C@@H](COCc2ccsc2)C/C1=C/C)[C@H]1CC[C@](N)(CO)C1. The number of aliphatic hydroxyl groups is 1. The number of aliphatic hydroxyl groups excluding tert-OH is 1. The van der Waals surface area contributed by atoms with Crippen molar-refractivity contribution in [2.24, 2.45) is 17.6 Å². The molecular weight excluding hydrogens is 354 g/mol. The van der Waals surface area contributed by atoms with Crippen LogP contribution in [-0.4, -0.2) is 23.9 Å². The molecule has 27 heavy (non-hydrogen) atoms. The third-order valence-electron chi connectivity index (χ3n) is 6.14. The zero-order valence-electron chi connectivity index (χ0n) is 16.5. The molecule has 0 aromatic carbocycles. The fourth-order valence-corrected chi connectivity index (χ4v) is 5.00. The van der Waals surface area contributed by atoms with Gasteiger partial charge in [0, 0.05) is 5.54 Å². The number of thiophene rings is 1. The van der Waals surface area contributed by atoms with E-state index >= 15 is 0 Å². The summed E-state index contributed by atoms with van der Waals surface area (Å²) in [6.45, 7) is 8.08. The molecule has 2 saturated carbocycles. The lowest BCUT2D eigenvalue weighted by Crippen LogP contribution is -2.40. The molecule has 148 valence electrons. The standard InChI is InChI=1S/C23H33NO2S/c1-3-20-11-18(13-26-14-19-7-9-27-15-19)4-5-21(20)10-17(2)22-6-8-23(24,12-22)16-25/h3,7,9-10,15,18,22,25H,2,4-6,8,11-14,16,24H2,1H3/b20-3-,21-10-/t18-,22+,23-/m1/s1. The Morgan fingerprint density at radius 3 is 2.96 bits per heavy atom. The van der Waals surface area contributed by atoms with E-state index in [-0.39, 0.29) is 6.61 Å². The zero-order valence-corrected chi connectivity index (χ0v) is 17.3. The molecule has 2 aliphatic rings. The molecule has 2 fully saturated rings. The van der Waals surface area contributed by atoms with Crippen molar-refractivity contribution in [3.63, 3.8) is 0 Å². The Morgan fingerprint density at radius 2 is 2.30 bits per heavy atom. The molecule has 3 rings (SSSR count). The van der Waals surface area contributed by atoms with Gasteiger partial charge in [-0.15, -0.1) is 0 Å². The quantitative estimate of drug-likeness (QED) is 0.693. The van der Waals surface area contributed by atoms with E-state index in [1.807, 2.05) is 0 Å². The van der Waals surface area contributed by atoms with Crippen molar-refractivity contribution in [2.45, 2.75) is 57.6 Å². The molecule has 0 radical (unpaired) electrons. The molecule has 0 bridgehead atoms. The van der Waals surface area contributed by atoms with E-state index in [9.17, 15) is 5.11 Å². The van der Waals surface area contributed by atoms with Crippen LogP contribution in [0.25, 0.3) is 0 Å². The Hall–Kier alpha value is -1.20. The van der Waals surface area contributed by atoms with Crippen LogP contribution in [0.4, 0.5) is 0 Å². The van der Waals surface area contributed by atoms with Crippen molar-refractivity contribution >= 4 is 11.3 Å². The Bertz CT molecular complexity index is 691. The van der Waals surface area contributed by atoms with Gasteiger partial charge in [-0.3, -0.25) is 0 Å². The monoisotopic (exact) mass is 387 g/mol. The summed E-state index contributed by atoms with van der Waals surface area (Å²) in [5, 5.41) is 13.7. The van der Waals surface area contributed by atoms with E-state index in [1.165, 1.54) is 28.7 Å². The maximum atomic E-state index is 9.50. The summed E-state index contributed by atoms with van der Waals surface area (Å²) in [5.41, 5.74) is 11.1. The summed E-state index contributed by atoms with van der Waals surface area (Å²) in [6, 6.07) is 2.13. The maximum absolute atomic E-state index is 9.50. The molecule has 3 nitrogen and oxygen atoms in total. The molecule has 0 amide bonds. The minimum atomic E-state index is -0.410. The molecule has 0 aliphatic heterocycles. The normalized spacial score (nSPS) is 31.7. The summed E-state index contributed by atoms with van der Waals surface area (Å²) in [4.78, 5) is 0. The van der Waals surface area contributed by atoms with Gasteiger partial charge in [-0.05, 0) is 90.8 Å². The Labute approximate surface area is 167 Å². The number of nitrogens with two attached hydrogens (primary N) is 1. The van der Waals surface area contributed by atoms with Crippen molar-refractivity contribution in [3.05, 3.63) is 57.8 Å². The lowest BCUT2D eigenvalue weighted by atomic mass is 9.80. The highest BCUT2D eigenvalue weighted by molar-refractivity contribution is 7.07. The maximum Gasteiger partial charge on any atom is 0.0725 e. The first-order valence-corrected chi connectivity index (χ1v) is 11.0. The average Bonchev–Trinajstić information content (AvgIpc) is 3.33. The predicted molar refractivity (Wildman–Crippen MR) is 114 cm³/mol. The summed E-state index contributed by atoms with van der Waals surface area (Å²) in [5.74, 6) is 0.997. The number of hydrogen-bond acceptors (Lipinski definition) is 4. The summed E-state index contributed by atoms with van der Waals surface area (Å²) in [6.07, 6.45) is 10.6. The van der Waals surface area contributed by atoms with Gasteiger partial charge in [0.2, 0.25) is 0 Å². The van der Waals surface area contributed by atoms with Crippen LogP contribution in [0.15, 0.2) is 52.3 Å². The second kappa shape index (κ2) is 9.33. The number of rotatable bonds is 7. The van der Waals surface area contributed by atoms with Gasteiger partial charge in [0.1, 0.15) is 0 Å². The number of ether oxygens (including phenoxy) is 1. The zero-order chi connectivity index (χ0) is 19.3. The first-order valence-electron chi connectivity index (χ1n) is 10.1. The number of allylic oxidation sites excluding steroid dienone is 5. The lowest BCUT2D eigenvalue weighted by Gasteiger charge is -2.27. The van der Waals surface area contributed by atoms with Crippen LogP contribution in [-0.2, 0) is 11.3 Å². The van der Waals surface area contributed by atoms with Crippen LogP contribution in [0.2, 0.25) is 0 Å². The van der Waals surface area contributed by atoms with Gasteiger partial charge in [0.05, 0.1) is 19.8 Å². The van der Waals surface area contributed by atoms with E-state index in [0.29, 0.717) is 11.8 Å². The van der Waals surface area contributed by atoms with Gasteiger partial charge < -0.3 is 15.6 Å². The molecule has 1 aromatic rings. The highest BCUT2D eigenvalue weighted by Crippen LogP contribution is 2.39. The smallest absolute Gasteiger partial charge is 0.0725 e. The van der Waals surface area contributed by atoms with E-state index in [4.69, 9.17) is 10.5 Å². The highest BCUT2D eigenvalue weighted by atomic mass is 32.1. The van der Waals surface area contributed by atoms with Gasteiger partial charge in [0.25, 0.3) is 0 Å². The van der Waals surface area contributed by atoms with E-state index in [2.05, 4.69) is 42.5 Å². The molecule has 3 atom stereocenters. The molecule has 1 aromatic heterocycles. The van der Waals surface area contributed by atoms with Crippen LogP contribution < -0.4 is 5.73 Å². The fourth-order valence-electron chi connectivity index (χ4n) is 4.35. The Morgan fingerprint density at radius 1 is 1.44 bits per heavy atom. The van der Waals surface area contributed by atoms with Gasteiger partial charge in [-0.2, -0.15) is 11.3 Å². The Kier molecular flexibility index (Phi) is 7.10. The largest absolute Gasteiger partial charge is 0.394 e. The summed E-state index contributed by atoms with van der Waals surface area (Å²) < 4.78 is 5.95. The lowest BCUT2D eigenvalue weighted by molar-refractivity contribution is 0.0824.